The maximum atomic E-state index is 6.84. The van der Waals surface area contributed by atoms with Crippen LogP contribution in [0.15, 0.2) is 180 Å². The van der Waals surface area contributed by atoms with Gasteiger partial charge in [0.05, 0.1) is 27.8 Å². The summed E-state index contributed by atoms with van der Waals surface area (Å²) in [5.41, 5.74) is 28.4. The second-order valence-corrected chi connectivity index (χ2v) is 29.7. The smallest absolute Gasteiger partial charge is 0.252 e. The van der Waals surface area contributed by atoms with Crippen LogP contribution in [0.3, 0.4) is 0 Å². The predicted molar refractivity (Wildman–Crippen MR) is 366 cm³/mol. The summed E-state index contributed by atoms with van der Waals surface area (Å²) in [6.45, 7) is 29.1. The molecule has 0 bridgehead atoms. The Hall–Kier alpha value is -7.96. The van der Waals surface area contributed by atoms with Gasteiger partial charge in [0.2, 0.25) is 0 Å². The van der Waals surface area contributed by atoms with E-state index >= 15 is 0 Å². The van der Waals surface area contributed by atoms with Gasteiger partial charge in [-0.05, 0) is 192 Å². The van der Waals surface area contributed by atoms with E-state index in [1.54, 1.807) is 0 Å². The van der Waals surface area contributed by atoms with Crippen LogP contribution in [0.4, 0.5) is 56.9 Å². The standard InChI is InChI=1S/C80H81BN4O/c1-50-43-51(2)73-67(44-50)84(80(12)42-23-21-40-78(73,80)10)55-35-37-61-66(47-55)82(62-38-34-53(75(3,4)5)45-58(62)52-25-14-13-15-26-52)68-48-56(85-63-29-18-17-28-59(63)77(9)39-20-22-41-79(77,85)11)49-69-74(68)81(61)60-36-33-54(76(6,7)8)46-65(60)83(69)64-30-24-32-71-72(64)57-27-16-19-31-70(57)86-71/h13-19,24-38,43-49H,20-23,39-42H2,1-12H3. The van der Waals surface area contributed by atoms with Crippen molar-refractivity contribution in [3.05, 3.63) is 209 Å². The number of rotatable bonds is 5. The molecule has 4 aliphatic heterocycles. The maximum absolute atomic E-state index is 6.84. The van der Waals surface area contributed by atoms with Gasteiger partial charge in [-0.15, -0.1) is 0 Å². The summed E-state index contributed by atoms with van der Waals surface area (Å²) in [6, 6.07) is 68.9. The largest absolute Gasteiger partial charge is 0.456 e. The molecule has 0 N–H and O–H groups in total. The predicted octanol–water partition coefficient (Wildman–Crippen LogP) is 20.0. The van der Waals surface area contributed by atoms with Crippen LogP contribution in [0.2, 0.25) is 0 Å². The van der Waals surface area contributed by atoms with Crippen LogP contribution >= 0.6 is 0 Å². The number of hydrogen-bond donors (Lipinski definition) is 0. The SMILES string of the molecule is Cc1cc(C)c2c(c1)N(c1ccc3c(c1)N(c1ccc(C(C)(C)C)cc1-c1ccccc1)c1cc(N4c5ccccc5C5(C)CCCCC45C)cc4c1B3c1ccc(C(C)(C)C)cc1N4c1cccc3oc4ccccc4c13)C1(C)CCCCC21C. The van der Waals surface area contributed by atoms with Crippen molar-refractivity contribution in [3.63, 3.8) is 0 Å². The van der Waals surface area contributed by atoms with Crippen molar-refractivity contribution in [3.8, 4) is 11.1 Å². The monoisotopic (exact) mass is 1120 g/mol. The van der Waals surface area contributed by atoms with Crippen molar-refractivity contribution < 1.29 is 4.42 Å². The van der Waals surface area contributed by atoms with Gasteiger partial charge in [0, 0.05) is 67.3 Å². The number of nitrogens with zero attached hydrogens (tertiary/aromatic N) is 4. The van der Waals surface area contributed by atoms with Crippen molar-refractivity contribution >= 4 is 102 Å². The molecule has 86 heavy (non-hydrogen) atoms. The summed E-state index contributed by atoms with van der Waals surface area (Å²) in [6.07, 6.45) is 9.46. The zero-order chi connectivity index (χ0) is 59.2. The van der Waals surface area contributed by atoms with Crippen LogP contribution in [0.25, 0.3) is 33.1 Å². The van der Waals surface area contributed by atoms with Gasteiger partial charge in [-0.1, -0.05) is 184 Å². The molecule has 1 aromatic heterocycles. The van der Waals surface area contributed by atoms with Crippen molar-refractivity contribution in [1.82, 2.24) is 0 Å². The van der Waals surface area contributed by atoms with Crippen LogP contribution in [-0.4, -0.2) is 17.8 Å². The van der Waals surface area contributed by atoms with Crippen LogP contribution in [0.1, 0.15) is 154 Å². The number of para-hydroxylation sites is 2. The molecule has 5 nitrogen and oxygen atoms in total. The second-order valence-electron chi connectivity index (χ2n) is 29.7. The Balaban J connectivity index is 1.07. The first-order valence-corrected chi connectivity index (χ1v) is 32.2. The average molecular weight is 1130 g/mol. The van der Waals surface area contributed by atoms with Crippen LogP contribution in [0.5, 0.6) is 0 Å². The van der Waals surface area contributed by atoms with Gasteiger partial charge in [0.25, 0.3) is 6.71 Å². The lowest BCUT2D eigenvalue weighted by molar-refractivity contribution is 0.194. The average Bonchev–Trinajstić information content (AvgIpc) is 1.29. The lowest BCUT2D eigenvalue weighted by atomic mass is 9.33. The molecule has 0 saturated heterocycles. The molecule has 4 atom stereocenters. The highest BCUT2D eigenvalue weighted by atomic mass is 16.3. The van der Waals surface area contributed by atoms with E-state index in [2.05, 4.69) is 279 Å². The number of fused-ring (bicyclic) bond motifs is 13. The summed E-state index contributed by atoms with van der Waals surface area (Å²) in [4.78, 5) is 11.1. The number of anilines is 10. The quantitative estimate of drug-likeness (QED) is 0.160. The number of furan rings is 1. The molecule has 5 heterocycles. The minimum absolute atomic E-state index is 0.0108. The molecule has 2 aliphatic carbocycles. The van der Waals surface area contributed by atoms with Crippen molar-refractivity contribution in [2.75, 3.05) is 19.6 Å². The molecule has 0 radical (unpaired) electrons. The van der Waals surface area contributed by atoms with Gasteiger partial charge in [0.1, 0.15) is 11.2 Å². The van der Waals surface area contributed by atoms with Gasteiger partial charge in [0.15, 0.2) is 0 Å². The minimum atomic E-state index is -0.192. The molecule has 0 amide bonds. The Labute approximate surface area is 510 Å². The van der Waals surface area contributed by atoms with E-state index in [1.807, 2.05) is 0 Å². The highest BCUT2D eigenvalue weighted by molar-refractivity contribution is 7.00. The lowest BCUT2D eigenvalue weighted by Gasteiger charge is -2.51. The number of hydrogen-bond acceptors (Lipinski definition) is 5. The van der Waals surface area contributed by atoms with Crippen molar-refractivity contribution in [1.29, 1.82) is 0 Å². The van der Waals surface area contributed by atoms with E-state index in [0.29, 0.717) is 0 Å². The van der Waals surface area contributed by atoms with Gasteiger partial charge in [-0.2, -0.15) is 0 Å². The van der Waals surface area contributed by atoms with E-state index < -0.39 is 0 Å². The normalized spacial score (nSPS) is 22.8. The molecule has 6 heteroatoms. The second kappa shape index (κ2) is 18.3. The fraction of sp³-hybridized carbons (Fsp3) is 0.325. The third-order valence-electron chi connectivity index (χ3n) is 22.8. The third kappa shape index (κ3) is 7.25. The van der Waals surface area contributed by atoms with Crippen LogP contribution in [-0.2, 0) is 21.7 Å². The number of benzene rings is 9. The van der Waals surface area contributed by atoms with Gasteiger partial charge in [-0.3, -0.25) is 0 Å². The summed E-state index contributed by atoms with van der Waals surface area (Å²) in [5, 5.41) is 2.26. The molecule has 6 aliphatic rings. The number of aryl methyl sites for hydroxylation is 2. The molecule has 9 aromatic carbocycles. The van der Waals surface area contributed by atoms with Gasteiger partial charge in [-0.25, -0.2) is 0 Å². The Morgan fingerprint density at radius 2 is 1.01 bits per heavy atom. The fourth-order valence-corrected chi connectivity index (χ4v) is 18.1. The molecular formula is C80H81BN4O. The van der Waals surface area contributed by atoms with Crippen LogP contribution < -0.4 is 36.0 Å². The zero-order valence-electron chi connectivity index (χ0n) is 52.7. The fourth-order valence-electron chi connectivity index (χ4n) is 18.1. The summed E-state index contributed by atoms with van der Waals surface area (Å²) >= 11 is 0. The van der Waals surface area contributed by atoms with E-state index in [1.165, 1.54) is 144 Å². The Morgan fingerprint density at radius 3 is 1.76 bits per heavy atom. The van der Waals surface area contributed by atoms with Crippen molar-refractivity contribution in [2.24, 2.45) is 0 Å². The van der Waals surface area contributed by atoms with Crippen molar-refractivity contribution in [2.45, 2.75) is 167 Å². The molecule has 4 unspecified atom stereocenters. The summed E-state index contributed by atoms with van der Waals surface area (Å²) in [7, 11) is 0. The van der Waals surface area contributed by atoms with E-state index in [-0.39, 0.29) is 39.5 Å². The Morgan fingerprint density at radius 1 is 0.442 bits per heavy atom. The lowest BCUT2D eigenvalue weighted by Crippen LogP contribution is -2.62. The highest BCUT2D eigenvalue weighted by Gasteiger charge is 2.60. The molecule has 430 valence electrons. The molecule has 2 fully saturated rings. The highest BCUT2D eigenvalue weighted by Crippen LogP contribution is 2.64. The molecular weight excluding hydrogens is 1040 g/mol. The van der Waals surface area contributed by atoms with E-state index in [9.17, 15) is 0 Å². The third-order valence-corrected chi connectivity index (χ3v) is 22.8. The topological polar surface area (TPSA) is 26.1 Å². The van der Waals surface area contributed by atoms with Gasteiger partial charge >= 0.3 is 0 Å². The first kappa shape index (κ1) is 53.5. The zero-order valence-corrected chi connectivity index (χ0v) is 52.7. The van der Waals surface area contributed by atoms with Gasteiger partial charge < -0.3 is 24.0 Å². The molecule has 2 saturated carbocycles. The van der Waals surface area contributed by atoms with E-state index in [0.717, 1.165) is 46.9 Å². The maximum Gasteiger partial charge on any atom is 0.252 e. The molecule has 16 rings (SSSR count). The molecule has 0 spiro atoms. The van der Waals surface area contributed by atoms with E-state index in [4.69, 9.17) is 4.42 Å². The van der Waals surface area contributed by atoms with Crippen LogP contribution in [0, 0.1) is 13.8 Å². The summed E-state index contributed by atoms with van der Waals surface area (Å²) in [5.74, 6) is 0. The summed E-state index contributed by atoms with van der Waals surface area (Å²) < 4.78 is 6.84. The first-order chi connectivity index (χ1) is 41.2. The minimum Gasteiger partial charge on any atom is -0.456 e. The Kier molecular flexibility index (Phi) is 11.4. The Bertz CT molecular complexity index is 4480. The molecule has 10 aromatic rings. The first-order valence-electron chi connectivity index (χ1n) is 32.2.